The number of pyridine rings is 4. The van der Waals surface area contributed by atoms with E-state index in [0.717, 1.165) is 22.8 Å². The fourth-order valence-electron chi connectivity index (χ4n) is 5.50. The molecule has 8 aromatic rings. The predicted molar refractivity (Wildman–Crippen MR) is 281 cm³/mol. The molecule has 4 aromatic heterocycles. The van der Waals surface area contributed by atoms with E-state index in [-0.39, 0.29) is 56.7 Å². The van der Waals surface area contributed by atoms with Crippen molar-refractivity contribution >= 4 is 52.7 Å². The summed E-state index contributed by atoms with van der Waals surface area (Å²) in [6, 6.07) is 69.1. The van der Waals surface area contributed by atoms with Crippen LogP contribution in [0.25, 0.3) is 22.8 Å². The van der Waals surface area contributed by atoms with Crippen molar-refractivity contribution in [3.8, 4) is 28.8 Å². The summed E-state index contributed by atoms with van der Waals surface area (Å²) in [5, 5.41) is 13.2. The first-order valence-corrected chi connectivity index (χ1v) is 28.1. The van der Waals surface area contributed by atoms with Gasteiger partial charge in [-0.25, -0.2) is 0 Å². The summed E-state index contributed by atoms with van der Waals surface area (Å²) < 4.78 is 156. The van der Waals surface area contributed by atoms with Crippen LogP contribution in [0.2, 0.25) is 0 Å². The van der Waals surface area contributed by atoms with Gasteiger partial charge in [-0.3, -0.25) is 19.9 Å². The molecular weight excluding hydrogens is 1510 g/mol. The van der Waals surface area contributed by atoms with Crippen molar-refractivity contribution < 1.29 is 114 Å². The van der Waals surface area contributed by atoms with Crippen molar-refractivity contribution in [2.24, 2.45) is 0 Å². The van der Waals surface area contributed by atoms with Crippen molar-refractivity contribution in [3.05, 3.63) is 252 Å². The fourth-order valence-corrected chi connectivity index (χ4v) is 10.9. The van der Waals surface area contributed by atoms with Crippen LogP contribution in [0.5, 0.6) is 0 Å². The van der Waals surface area contributed by atoms with Gasteiger partial charge in [0, 0.05) is 72.6 Å². The van der Waals surface area contributed by atoms with Gasteiger partial charge in [0.1, 0.15) is 0 Å². The minimum Gasteiger partial charge on any atom is -0.255 e. The number of rotatable bonds is 9. The van der Waals surface area contributed by atoms with Crippen molar-refractivity contribution in [1.29, 1.82) is 5.26 Å². The first-order valence-electron chi connectivity index (χ1n) is 21.0. The average Bonchev–Trinajstić information content (AvgIpc) is 3.46. The third-order valence-corrected chi connectivity index (χ3v) is 13.4. The van der Waals surface area contributed by atoms with Crippen LogP contribution < -0.4 is 21.2 Å². The van der Waals surface area contributed by atoms with Gasteiger partial charge in [0.25, 0.3) is 0 Å². The van der Waals surface area contributed by atoms with Crippen LogP contribution in [0.15, 0.2) is 219 Å². The molecule has 0 amide bonds. The number of halogens is 12. The number of hydrogen-bond acceptors (Lipinski definition) is 5. The quantitative estimate of drug-likeness (QED) is 0.0604. The van der Waals surface area contributed by atoms with Crippen molar-refractivity contribution in [1.82, 2.24) is 19.9 Å². The number of nitrogens with zero attached hydrogens (tertiary/aromatic N) is 5. The van der Waals surface area contributed by atoms with Gasteiger partial charge in [-0.15, -0.1) is 0 Å². The summed E-state index contributed by atoms with van der Waals surface area (Å²) in [5.41, 5.74) is 3.66. The maximum Gasteiger partial charge on any atom is 0.0886 e. The summed E-state index contributed by atoms with van der Waals surface area (Å²) >= 11 is 0. The first kappa shape index (κ1) is 83.7. The maximum absolute atomic E-state index is 10.7. The van der Waals surface area contributed by atoms with Gasteiger partial charge in [-0.1, -0.05) is 146 Å². The second kappa shape index (κ2) is 41.8. The van der Waals surface area contributed by atoms with Crippen LogP contribution in [0, 0.1) is 44.6 Å². The van der Waals surface area contributed by atoms with Crippen LogP contribution >= 0.6 is 31.5 Å². The molecule has 0 bridgehead atoms. The summed E-state index contributed by atoms with van der Waals surface area (Å²) in [7, 11) is -22.0. The van der Waals surface area contributed by atoms with Crippen molar-refractivity contribution in [3.63, 3.8) is 0 Å². The molecule has 0 unspecified atom stereocenters. The van der Waals surface area contributed by atoms with Crippen LogP contribution in [0.3, 0.4) is 0 Å². The third-order valence-electron chi connectivity index (χ3n) is 8.00. The Balaban J connectivity index is -0.000000307. The van der Waals surface area contributed by atoms with Gasteiger partial charge in [0.15, 0.2) is 0 Å². The topological polar surface area (TPSA) is 175 Å². The zero-order chi connectivity index (χ0) is 61.0. The molecule has 0 aliphatic rings. The molecule has 4 heterocycles. The minimum absolute atomic E-state index is 0. The van der Waals surface area contributed by atoms with Gasteiger partial charge < -0.3 is 0 Å². The molecule has 0 atom stereocenters. The average molecular weight is 1550 g/mol. The van der Waals surface area contributed by atoms with Crippen LogP contribution in [-0.4, -0.2) is 32.3 Å². The van der Waals surface area contributed by atoms with E-state index in [0.29, 0.717) is 0 Å². The number of hydrogen-bond donors (Lipinski definition) is 0. The van der Waals surface area contributed by atoms with Gasteiger partial charge in [0.2, 0.25) is 0 Å². The van der Waals surface area contributed by atoms with E-state index in [1.165, 1.54) is 40.5 Å². The molecule has 4 aromatic carbocycles. The molecule has 0 spiro atoms. The molecule has 10 nitrogen and oxygen atoms in total. The monoisotopic (exact) mass is 1560 g/mol. The van der Waals surface area contributed by atoms with E-state index in [4.69, 9.17) is 28.5 Å². The van der Waals surface area contributed by atoms with Gasteiger partial charge in [0.05, 0.1) is 28.8 Å². The summed E-state index contributed by atoms with van der Waals surface area (Å²) in [6.45, 7) is 23.9. The Labute approximate surface area is 489 Å². The molecule has 0 aliphatic heterocycles. The number of benzene rings is 4. The normalized spacial score (nSPS) is 10.9. The Morgan fingerprint density at radius 3 is 0.593 bits per heavy atom. The zero-order valence-corrected chi connectivity index (χ0v) is 50.6. The molecule has 2 radical (unpaired) electrons. The predicted octanol–water partition coefficient (Wildman–Crippen LogP) is 16.6. The number of aromatic nitrogens is 4. The van der Waals surface area contributed by atoms with E-state index in [9.17, 15) is 50.4 Å². The summed E-state index contributed by atoms with van der Waals surface area (Å²) in [5.74, 6) is 0. The maximum atomic E-state index is 9.87. The Bertz CT molecular complexity index is 2600. The van der Waals surface area contributed by atoms with Crippen molar-refractivity contribution in [2.75, 3.05) is 12.3 Å². The van der Waals surface area contributed by atoms with Gasteiger partial charge in [-0.2, -0.15) is 5.26 Å². The van der Waals surface area contributed by atoms with Crippen LogP contribution in [-0.2, 0) is 64.1 Å². The molecule has 0 saturated carbocycles. The molecule has 28 heteroatoms. The van der Waals surface area contributed by atoms with Crippen LogP contribution in [0.1, 0.15) is 6.92 Å². The number of nitriles is 1. The van der Waals surface area contributed by atoms with Crippen molar-refractivity contribution in [2.45, 2.75) is 6.92 Å². The Kier molecular flexibility index (Phi) is 43.2. The molecule has 0 aliphatic carbocycles. The SMILES string of the molecule is CC#N.F[P-](F)(F)(F)(F)F.F[P-](F)(F)(F)(F)F.[C-]#[O+].[C-]#[O+].[C-]#[O+].[C-]#[O+].[C-]#[O+].[Re].[Re].c1ccc(-c2ccccn2)nc1.c1ccc(-c2ccccn2)nc1.c1ccc(P(CCP(c2ccccc2)c2ccccc2)c2ccccc2)cc1. The molecule has 0 fully saturated rings. The van der Waals surface area contributed by atoms with E-state index < -0.39 is 15.6 Å². The molecule has 8 rings (SSSR count). The van der Waals surface area contributed by atoms with Gasteiger partial charge >= 0.3 is 122 Å². The minimum atomic E-state index is -10.7. The Morgan fingerprint density at radius 1 is 0.333 bits per heavy atom. The smallest absolute Gasteiger partial charge is 0.0886 e. The second-order valence-electron chi connectivity index (χ2n) is 13.6. The second-order valence-corrected chi connectivity index (χ2v) is 22.2. The molecular formula is C53H43F12N5O5P4Re2-2. The van der Waals surface area contributed by atoms with E-state index >= 15 is 0 Å². The zero-order valence-electron chi connectivity index (χ0n) is 41.6. The van der Waals surface area contributed by atoms with E-state index in [1.54, 1.807) is 30.9 Å². The summed E-state index contributed by atoms with van der Waals surface area (Å²) in [6.07, 6.45) is 9.49. The van der Waals surface area contributed by atoms with E-state index in [1.807, 2.05) is 72.8 Å². The largest absolute Gasteiger partial charge is 0.255 e. The molecule has 0 saturated heterocycles. The third kappa shape index (κ3) is 50.6. The Hall–Kier alpha value is -6.13. The molecule has 0 N–H and O–H groups in total. The van der Waals surface area contributed by atoms with Crippen LogP contribution in [0.4, 0.5) is 50.4 Å². The Morgan fingerprint density at radius 2 is 0.469 bits per heavy atom. The summed E-state index contributed by atoms with van der Waals surface area (Å²) in [4.78, 5) is 16.7. The standard InChI is InChI=1S/C26H24P2.2C10H8N2.C2H3N.5CO.2F6P.2Re/c1-5-13-23(14-6-1)27(24-15-7-2-8-16-24)21-22-28(25-17-9-3-10-18-25)26-19-11-4-12-20-26;2*1-3-7-11-9(5-1)10-6-2-4-8-12-10;1-2-3;5*1-2;2*1-7(2,3,4,5)6;;/h1-20H,21-22H2;2*1-8H;1H3;;;;;;;;;/q;;;;;;;;;2*-1;;. The fraction of sp³-hybridized carbons (Fsp3) is 0.0566. The molecule has 430 valence electrons. The first-order chi connectivity index (χ1) is 37.2. The van der Waals surface area contributed by atoms with E-state index in [2.05, 4.69) is 175 Å². The van der Waals surface area contributed by atoms with Gasteiger partial charge in [-0.05, 0) is 97.9 Å². The molecule has 81 heavy (non-hydrogen) atoms.